The second-order valence-corrected chi connectivity index (χ2v) is 2.14. The molecule has 6 heteroatoms. The van der Waals surface area contributed by atoms with Crippen LogP contribution in [0.1, 0.15) is 12.8 Å². The lowest BCUT2D eigenvalue weighted by atomic mass is 10.1. The van der Waals surface area contributed by atoms with Crippen molar-refractivity contribution in [3.05, 3.63) is 13.3 Å². The maximum absolute atomic E-state index is 12.2. The molecule has 0 aromatic rings. The van der Waals surface area contributed by atoms with E-state index in [9.17, 15) is 26.3 Å². The van der Waals surface area contributed by atoms with Gasteiger partial charge in [0, 0.05) is 6.42 Å². The monoisotopic (exact) mass is 192 g/mol. The number of hydrogen-bond donors (Lipinski definition) is 0. The average molecular weight is 192 g/mol. The first-order valence-corrected chi connectivity index (χ1v) is 2.99. The standard InChI is InChI=1S/C6H6F6/c1-2-3-5(9,10)6(11,12)4(7)8/h1-3H2. The predicted molar refractivity (Wildman–Crippen MR) is 29.9 cm³/mol. The van der Waals surface area contributed by atoms with Crippen molar-refractivity contribution in [2.24, 2.45) is 0 Å². The van der Waals surface area contributed by atoms with Crippen LogP contribution in [-0.2, 0) is 0 Å². The van der Waals surface area contributed by atoms with E-state index in [4.69, 9.17) is 0 Å². The summed E-state index contributed by atoms with van der Waals surface area (Å²) in [6.07, 6.45) is -5.46. The van der Waals surface area contributed by atoms with Crippen molar-refractivity contribution in [1.82, 2.24) is 0 Å². The summed E-state index contributed by atoms with van der Waals surface area (Å²) in [7, 11) is 0. The summed E-state index contributed by atoms with van der Waals surface area (Å²) in [6.45, 7) is 2.88. The third-order valence-electron chi connectivity index (χ3n) is 1.19. The molecule has 72 valence electrons. The highest BCUT2D eigenvalue weighted by Gasteiger charge is 2.63. The Bertz CT molecular complexity index is 141. The maximum Gasteiger partial charge on any atom is 0.384 e. The zero-order valence-electron chi connectivity index (χ0n) is 5.89. The quantitative estimate of drug-likeness (QED) is 0.599. The summed E-state index contributed by atoms with van der Waals surface area (Å²) < 4.78 is 70.8. The molecule has 0 aromatic carbocycles. The molecule has 0 unspecified atom stereocenters. The minimum Gasteiger partial charge on any atom is -0.200 e. The largest absolute Gasteiger partial charge is 0.384 e. The first-order valence-electron chi connectivity index (χ1n) is 2.99. The van der Waals surface area contributed by atoms with Gasteiger partial charge in [-0.25, -0.2) is 0 Å². The topological polar surface area (TPSA) is 0 Å². The normalized spacial score (nSPS) is 14.0. The molecule has 0 rings (SSSR count). The van der Waals surface area contributed by atoms with Crippen molar-refractivity contribution in [2.75, 3.05) is 0 Å². The molecule has 0 aliphatic carbocycles. The Morgan fingerprint density at radius 1 is 1.08 bits per heavy atom. The average Bonchev–Trinajstić information content (AvgIpc) is 1.86. The molecule has 0 saturated heterocycles. The molecule has 0 aliphatic rings. The molecule has 0 bridgehead atoms. The van der Waals surface area contributed by atoms with Crippen LogP contribution in [0.2, 0.25) is 0 Å². The van der Waals surface area contributed by atoms with E-state index in [1.165, 1.54) is 0 Å². The van der Waals surface area contributed by atoms with Crippen molar-refractivity contribution < 1.29 is 26.3 Å². The smallest absolute Gasteiger partial charge is 0.200 e. The van der Waals surface area contributed by atoms with Gasteiger partial charge in [0.2, 0.25) is 0 Å². The van der Waals surface area contributed by atoms with E-state index in [-0.39, 0.29) is 0 Å². The molecule has 0 N–H and O–H groups in total. The van der Waals surface area contributed by atoms with Crippen LogP contribution in [0.5, 0.6) is 0 Å². The molecule has 0 atom stereocenters. The van der Waals surface area contributed by atoms with Gasteiger partial charge in [0.15, 0.2) is 0 Å². The van der Waals surface area contributed by atoms with E-state index in [1.54, 1.807) is 0 Å². The Balaban J connectivity index is 4.50. The van der Waals surface area contributed by atoms with Crippen LogP contribution < -0.4 is 0 Å². The lowest BCUT2D eigenvalue weighted by molar-refractivity contribution is -0.230. The molecule has 0 nitrogen and oxygen atoms in total. The zero-order chi connectivity index (χ0) is 9.99. The van der Waals surface area contributed by atoms with Gasteiger partial charge in [0.1, 0.15) is 0 Å². The van der Waals surface area contributed by atoms with Gasteiger partial charge in [-0.2, -0.15) is 26.3 Å². The Hall–Kier alpha value is -0.420. The minimum absolute atomic E-state index is 0.532. The third-order valence-corrected chi connectivity index (χ3v) is 1.19. The van der Waals surface area contributed by atoms with Gasteiger partial charge in [-0.05, 0) is 6.42 Å². The van der Waals surface area contributed by atoms with Crippen LogP contribution in [-0.4, -0.2) is 11.8 Å². The molecular weight excluding hydrogens is 186 g/mol. The second-order valence-electron chi connectivity index (χ2n) is 2.14. The lowest BCUT2D eigenvalue weighted by Gasteiger charge is -2.23. The van der Waals surface area contributed by atoms with Crippen LogP contribution in [0.4, 0.5) is 26.3 Å². The van der Waals surface area contributed by atoms with Crippen molar-refractivity contribution in [2.45, 2.75) is 24.7 Å². The van der Waals surface area contributed by atoms with Gasteiger partial charge in [-0.1, -0.05) is 6.92 Å². The van der Waals surface area contributed by atoms with Crippen LogP contribution in [0.15, 0.2) is 0 Å². The van der Waals surface area contributed by atoms with Gasteiger partial charge < -0.3 is 0 Å². The van der Waals surface area contributed by atoms with Gasteiger partial charge in [0.05, 0.1) is 0 Å². The molecule has 0 amide bonds. The van der Waals surface area contributed by atoms with Crippen LogP contribution in [0.25, 0.3) is 0 Å². The van der Waals surface area contributed by atoms with E-state index in [0.29, 0.717) is 0 Å². The molecule has 0 aromatic heterocycles. The van der Waals surface area contributed by atoms with Crippen molar-refractivity contribution in [3.8, 4) is 0 Å². The molecule has 2 radical (unpaired) electrons. The molecule has 0 spiro atoms. The predicted octanol–water partition coefficient (Wildman–Crippen LogP) is 3.30. The van der Waals surface area contributed by atoms with E-state index in [0.717, 1.165) is 0 Å². The van der Waals surface area contributed by atoms with Crippen molar-refractivity contribution >= 4 is 0 Å². The Kier molecular flexibility index (Phi) is 3.41. The number of halogens is 6. The van der Waals surface area contributed by atoms with Gasteiger partial charge in [-0.3, -0.25) is 0 Å². The highest BCUT2D eigenvalue weighted by Crippen LogP contribution is 2.45. The second kappa shape index (κ2) is 3.53. The summed E-state index contributed by atoms with van der Waals surface area (Å²) >= 11 is 0. The fourth-order valence-corrected chi connectivity index (χ4v) is 0.517. The summed E-state index contributed by atoms with van der Waals surface area (Å²) in [5.74, 6) is -10.1. The molecular formula is C6H6F6. The lowest BCUT2D eigenvalue weighted by Crippen LogP contribution is -2.42. The first kappa shape index (κ1) is 11.6. The van der Waals surface area contributed by atoms with Gasteiger partial charge in [0.25, 0.3) is 0 Å². The maximum atomic E-state index is 12.2. The fraction of sp³-hybridized carbons (Fsp3) is 0.667. The van der Waals surface area contributed by atoms with E-state index >= 15 is 0 Å². The summed E-state index contributed by atoms with van der Waals surface area (Å²) in [4.78, 5) is 0. The number of alkyl halides is 4. The number of hydrogen-bond acceptors (Lipinski definition) is 0. The zero-order valence-corrected chi connectivity index (χ0v) is 5.89. The number of rotatable bonds is 4. The highest BCUT2D eigenvalue weighted by atomic mass is 19.3. The first-order chi connectivity index (χ1) is 5.25. The van der Waals surface area contributed by atoms with Crippen LogP contribution >= 0.6 is 0 Å². The summed E-state index contributed by atoms with van der Waals surface area (Å²) in [5, 5.41) is 0. The van der Waals surface area contributed by atoms with Crippen LogP contribution in [0, 0.1) is 13.3 Å². The highest BCUT2D eigenvalue weighted by molar-refractivity contribution is 4.95. The minimum atomic E-state index is -5.34. The van der Waals surface area contributed by atoms with Crippen molar-refractivity contribution in [3.63, 3.8) is 0 Å². The van der Waals surface area contributed by atoms with Gasteiger partial charge in [-0.15, -0.1) is 0 Å². The Morgan fingerprint density at radius 2 is 1.50 bits per heavy atom. The van der Waals surface area contributed by atoms with E-state index in [1.807, 2.05) is 0 Å². The SMILES string of the molecule is [CH2]CCC(F)(F)C(F)(F)[C](F)F. The van der Waals surface area contributed by atoms with E-state index < -0.39 is 31.1 Å². The van der Waals surface area contributed by atoms with Crippen LogP contribution in [0.3, 0.4) is 0 Å². The molecule has 0 saturated carbocycles. The van der Waals surface area contributed by atoms with E-state index in [2.05, 4.69) is 6.92 Å². The Labute approximate surface area is 65.6 Å². The van der Waals surface area contributed by atoms with Crippen molar-refractivity contribution in [1.29, 1.82) is 0 Å². The molecule has 0 fully saturated rings. The summed E-state index contributed by atoms with van der Waals surface area (Å²) in [6, 6.07) is 0. The Morgan fingerprint density at radius 3 is 1.75 bits per heavy atom. The van der Waals surface area contributed by atoms with Gasteiger partial charge >= 0.3 is 18.3 Å². The molecule has 0 heterocycles. The molecule has 12 heavy (non-hydrogen) atoms. The summed E-state index contributed by atoms with van der Waals surface area (Å²) in [5.41, 5.74) is 0. The fourth-order valence-electron chi connectivity index (χ4n) is 0.517. The molecule has 0 aliphatic heterocycles. The third kappa shape index (κ3) is 2.04.